The third kappa shape index (κ3) is 3.07. The highest BCUT2D eigenvalue weighted by molar-refractivity contribution is 9.10. The molecule has 3 aromatic rings. The molecule has 1 N–H and O–H groups in total. The van der Waals surface area contributed by atoms with Gasteiger partial charge in [0.1, 0.15) is 7.05 Å². The fourth-order valence-corrected chi connectivity index (χ4v) is 2.63. The van der Waals surface area contributed by atoms with E-state index in [1.54, 1.807) is 0 Å². The van der Waals surface area contributed by atoms with Crippen molar-refractivity contribution in [3.05, 3.63) is 64.5 Å². The lowest BCUT2D eigenvalue weighted by Crippen LogP contribution is -3.00. The van der Waals surface area contributed by atoms with Gasteiger partial charge in [0.2, 0.25) is 0 Å². The summed E-state index contributed by atoms with van der Waals surface area (Å²) in [7, 11) is 2.05. The molecular formula is C15H14Br2N2. The molecule has 3 rings (SSSR count). The average molecular weight is 382 g/mol. The lowest BCUT2D eigenvalue weighted by molar-refractivity contribution is -0.671. The molecule has 0 amide bonds. The van der Waals surface area contributed by atoms with Crippen LogP contribution in [0.2, 0.25) is 0 Å². The Labute approximate surface area is 131 Å². The predicted octanol–water partition coefficient (Wildman–Crippen LogP) is 0.350. The van der Waals surface area contributed by atoms with Crippen molar-refractivity contribution >= 4 is 26.8 Å². The first-order chi connectivity index (χ1) is 8.72. The molecule has 0 saturated heterocycles. The van der Waals surface area contributed by atoms with Crippen molar-refractivity contribution in [3.63, 3.8) is 0 Å². The van der Waals surface area contributed by atoms with E-state index in [2.05, 4.69) is 81.5 Å². The maximum Gasteiger partial charge on any atom is 0.172 e. The van der Waals surface area contributed by atoms with Crippen LogP contribution < -0.4 is 21.5 Å². The Morgan fingerprint density at radius 3 is 2.89 bits per heavy atom. The fourth-order valence-electron chi connectivity index (χ4n) is 2.27. The van der Waals surface area contributed by atoms with Crippen LogP contribution in [-0.4, -0.2) is 4.98 Å². The summed E-state index contributed by atoms with van der Waals surface area (Å²) < 4.78 is 3.20. The van der Waals surface area contributed by atoms with E-state index in [1.807, 2.05) is 0 Å². The van der Waals surface area contributed by atoms with Crippen LogP contribution in [0.15, 0.2) is 53.4 Å². The van der Waals surface area contributed by atoms with Gasteiger partial charge in [-0.2, -0.15) is 0 Å². The van der Waals surface area contributed by atoms with Gasteiger partial charge in [0.25, 0.3) is 0 Å². The zero-order valence-electron chi connectivity index (χ0n) is 10.5. The Kier molecular flexibility index (Phi) is 4.42. The smallest absolute Gasteiger partial charge is 0.172 e. The van der Waals surface area contributed by atoms with E-state index >= 15 is 0 Å². The van der Waals surface area contributed by atoms with Crippen molar-refractivity contribution in [2.45, 2.75) is 6.42 Å². The summed E-state index contributed by atoms with van der Waals surface area (Å²) in [6.07, 6.45) is 7.27. The van der Waals surface area contributed by atoms with Crippen molar-refractivity contribution in [2.75, 3.05) is 0 Å². The zero-order valence-corrected chi connectivity index (χ0v) is 13.7. The van der Waals surface area contributed by atoms with Crippen molar-refractivity contribution < 1.29 is 21.5 Å². The van der Waals surface area contributed by atoms with E-state index in [1.165, 1.54) is 22.0 Å². The van der Waals surface area contributed by atoms with Gasteiger partial charge in [-0.25, -0.2) is 4.57 Å². The number of pyridine rings is 1. The van der Waals surface area contributed by atoms with Gasteiger partial charge in [-0.1, -0.05) is 15.9 Å². The molecular weight excluding hydrogens is 368 g/mol. The number of aromatic nitrogens is 2. The minimum atomic E-state index is 0. The highest BCUT2D eigenvalue weighted by Gasteiger charge is 2.06. The van der Waals surface area contributed by atoms with Crippen LogP contribution in [0.4, 0.5) is 0 Å². The summed E-state index contributed by atoms with van der Waals surface area (Å²) in [5.74, 6) is 0. The van der Waals surface area contributed by atoms with Gasteiger partial charge in [-0.05, 0) is 29.8 Å². The molecule has 0 aliphatic carbocycles. The number of fused-ring (bicyclic) bond motifs is 1. The topological polar surface area (TPSA) is 19.7 Å². The van der Waals surface area contributed by atoms with E-state index in [9.17, 15) is 0 Å². The van der Waals surface area contributed by atoms with E-state index in [0.717, 1.165) is 10.9 Å². The van der Waals surface area contributed by atoms with Crippen LogP contribution in [0.25, 0.3) is 10.9 Å². The maximum absolute atomic E-state index is 3.53. The standard InChI is InChI=1S/C15H14BrN2.BrH/c1-18-6-2-3-11(10-18)7-12-9-17-15-5-4-13(16)8-14(12)15;/h2-6,8-10,17H,7H2,1H3;1H/q+1;/p-1. The molecule has 19 heavy (non-hydrogen) atoms. The van der Waals surface area contributed by atoms with Crippen LogP contribution in [0.5, 0.6) is 0 Å². The van der Waals surface area contributed by atoms with Gasteiger partial charge in [-0.15, -0.1) is 0 Å². The highest BCUT2D eigenvalue weighted by atomic mass is 79.9. The Balaban J connectivity index is 0.00000133. The quantitative estimate of drug-likeness (QED) is 0.618. The van der Waals surface area contributed by atoms with E-state index < -0.39 is 0 Å². The molecule has 2 nitrogen and oxygen atoms in total. The summed E-state index contributed by atoms with van der Waals surface area (Å²) in [4.78, 5) is 3.32. The summed E-state index contributed by atoms with van der Waals surface area (Å²) in [5.41, 5.74) is 3.84. The molecule has 0 bridgehead atoms. The summed E-state index contributed by atoms with van der Waals surface area (Å²) in [6.45, 7) is 0. The molecule has 0 radical (unpaired) electrons. The van der Waals surface area contributed by atoms with Crippen LogP contribution in [0.1, 0.15) is 11.1 Å². The molecule has 0 aliphatic heterocycles. The van der Waals surface area contributed by atoms with E-state index in [4.69, 9.17) is 0 Å². The van der Waals surface area contributed by atoms with Gasteiger partial charge in [0, 0.05) is 39.6 Å². The number of aromatic amines is 1. The fraction of sp³-hybridized carbons (Fsp3) is 0.133. The molecule has 0 spiro atoms. The predicted molar refractivity (Wildman–Crippen MR) is 76.4 cm³/mol. The number of hydrogen-bond donors (Lipinski definition) is 1. The Hall–Kier alpha value is -1.13. The number of hydrogen-bond acceptors (Lipinski definition) is 0. The highest BCUT2D eigenvalue weighted by Crippen LogP contribution is 2.24. The summed E-state index contributed by atoms with van der Waals surface area (Å²) >= 11 is 3.53. The largest absolute Gasteiger partial charge is 1.00 e. The molecule has 2 aromatic heterocycles. The van der Waals surface area contributed by atoms with Crippen molar-refractivity contribution in [3.8, 4) is 0 Å². The normalized spacial score (nSPS) is 10.4. The monoisotopic (exact) mass is 380 g/mol. The molecule has 2 heterocycles. The Bertz CT molecular complexity index is 704. The summed E-state index contributed by atoms with van der Waals surface area (Å²) in [5, 5.41) is 1.29. The van der Waals surface area contributed by atoms with Gasteiger partial charge in [0.05, 0.1) is 0 Å². The first kappa shape index (κ1) is 14.3. The number of H-pyrrole nitrogens is 1. The van der Waals surface area contributed by atoms with Crippen molar-refractivity contribution in [1.29, 1.82) is 0 Å². The van der Waals surface area contributed by atoms with Crippen LogP contribution in [0.3, 0.4) is 0 Å². The molecule has 0 saturated carbocycles. The second-order valence-corrected chi connectivity index (χ2v) is 5.47. The lowest BCUT2D eigenvalue weighted by atomic mass is 10.1. The van der Waals surface area contributed by atoms with Gasteiger partial charge in [-0.3, -0.25) is 0 Å². The number of rotatable bonds is 2. The number of aryl methyl sites for hydroxylation is 1. The minimum absolute atomic E-state index is 0. The van der Waals surface area contributed by atoms with Gasteiger partial charge >= 0.3 is 0 Å². The van der Waals surface area contributed by atoms with Crippen LogP contribution >= 0.6 is 15.9 Å². The third-order valence-corrected chi connectivity index (χ3v) is 3.62. The van der Waals surface area contributed by atoms with Crippen LogP contribution in [0, 0.1) is 0 Å². The third-order valence-electron chi connectivity index (χ3n) is 3.13. The molecule has 0 atom stereocenters. The second kappa shape index (κ2) is 5.88. The molecule has 1 aromatic carbocycles. The molecule has 0 unspecified atom stereocenters. The zero-order chi connectivity index (χ0) is 12.5. The van der Waals surface area contributed by atoms with E-state index in [0.29, 0.717) is 0 Å². The summed E-state index contributed by atoms with van der Waals surface area (Å²) in [6, 6.07) is 10.6. The Morgan fingerprint density at radius 2 is 2.11 bits per heavy atom. The second-order valence-electron chi connectivity index (χ2n) is 4.56. The molecule has 4 heteroatoms. The van der Waals surface area contributed by atoms with Gasteiger partial charge < -0.3 is 22.0 Å². The number of nitrogens with zero attached hydrogens (tertiary/aromatic N) is 1. The first-order valence-electron chi connectivity index (χ1n) is 5.92. The first-order valence-corrected chi connectivity index (χ1v) is 6.71. The SMILES string of the molecule is C[n+]1cccc(Cc2c[nH]c3ccc(Br)cc23)c1.[Br-]. The number of nitrogens with one attached hydrogen (secondary N) is 1. The van der Waals surface area contributed by atoms with Crippen LogP contribution in [-0.2, 0) is 13.5 Å². The Morgan fingerprint density at radius 1 is 1.26 bits per heavy atom. The van der Waals surface area contributed by atoms with Crippen molar-refractivity contribution in [1.82, 2.24) is 4.98 Å². The number of benzene rings is 1. The average Bonchev–Trinajstić information content (AvgIpc) is 2.72. The van der Waals surface area contributed by atoms with E-state index in [-0.39, 0.29) is 17.0 Å². The maximum atomic E-state index is 3.53. The minimum Gasteiger partial charge on any atom is -1.00 e. The molecule has 98 valence electrons. The lowest BCUT2D eigenvalue weighted by Gasteiger charge is -1.99. The molecule has 0 fully saturated rings. The number of halogens is 2. The van der Waals surface area contributed by atoms with Gasteiger partial charge in [0.15, 0.2) is 12.4 Å². The molecule has 0 aliphatic rings. The van der Waals surface area contributed by atoms with Crippen molar-refractivity contribution in [2.24, 2.45) is 7.05 Å².